The molecule has 0 radical (unpaired) electrons. The molecule has 1 saturated heterocycles. The number of benzene rings is 1. The van der Waals surface area contributed by atoms with Crippen molar-refractivity contribution in [1.82, 2.24) is 4.90 Å². The van der Waals surface area contributed by atoms with Crippen LogP contribution in [-0.2, 0) is 11.3 Å². The standard InChI is InChI=1S/C17H24BrNO2/c1-3-13-5-4-9-19(10-8-13)12-15-7-6-14(11-16(15)18)17(20)21-2/h6-7,11,13H,3-5,8-10,12H2,1-2H3. The van der Waals surface area contributed by atoms with Crippen molar-refractivity contribution in [2.45, 2.75) is 39.2 Å². The Morgan fingerprint density at radius 1 is 1.38 bits per heavy atom. The van der Waals surface area contributed by atoms with E-state index in [-0.39, 0.29) is 5.97 Å². The van der Waals surface area contributed by atoms with Crippen LogP contribution in [0.1, 0.15) is 48.5 Å². The highest BCUT2D eigenvalue weighted by Crippen LogP contribution is 2.24. The Kier molecular flexibility index (Phi) is 6.24. The number of hydrogen-bond donors (Lipinski definition) is 0. The first kappa shape index (κ1) is 16.5. The van der Waals surface area contributed by atoms with Gasteiger partial charge in [-0.25, -0.2) is 4.79 Å². The predicted molar refractivity (Wildman–Crippen MR) is 88.4 cm³/mol. The summed E-state index contributed by atoms with van der Waals surface area (Å²) in [6.45, 7) is 5.58. The minimum atomic E-state index is -0.289. The van der Waals surface area contributed by atoms with E-state index in [1.54, 1.807) is 0 Å². The fourth-order valence-corrected chi connectivity index (χ4v) is 3.46. The van der Waals surface area contributed by atoms with Crippen LogP contribution in [0.5, 0.6) is 0 Å². The molecule has 4 heteroatoms. The molecular weight excluding hydrogens is 330 g/mol. The Hall–Kier alpha value is -0.870. The van der Waals surface area contributed by atoms with Crippen LogP contribution in [0, 0.1) is 5.92 Å². The maximum absolute atomic E-state index is 11.5. The summed E-state index contributed by atoms with van der Waals surface area (Å²) in [6, 6.07) is 5.73. The van der Waals surface area contributed by atoms with Crippen molar-refractivity contribution in [3.8, 4) is 0 Å². The number of likely N-dealkylation sites (tertiary alicyclic amines) is 1. The first-order valence-corrected chi connectivity index (χ1v) is 8.52. The molecule has 2 rings (SSSR count). The molecule has 0 aliphatic carbocycles. The van der Waals surface area contributed by atoms with E-state index in [0.717, 1.165) is 16.9 Å². The minimum Gasteiger partial charge on any atom is -0.465 e. The van der Waals surface area contributed by atoms with Crippen LogP contribution in [0.2, 0.25) is 0 Å². The zero-order chi connectivity index (χ0) is 15.2. The third-order valence-corrected chi connectivity index (χ3v) is 5.12. The molecule has 0 amide bonds. The quantitative estimate of drug-likeness (QED) is 0.757. The van der Waals surface area contributed by atoms with E-state index < -0.39 is 0 Å². The van der Waals surface area contributed by atoms with Crippen LogP contribution in [-0.4, -0.2) is 31.1 Å². The Morgan fingerprint density at radius 2 is 2.19 bits per heavy atom. The molecule has 1 aromatic carbocycles. The Labute approximate surface area is 135 Å². The second-order valence-electron chi connectivity index (χ2n) is 5.78. The van der Waals surface area contributed by atoms with Gasteiger partial charge < -0.3 is 4.74 Å². The molecule has 21 heavy (non-hydrogen) atoms. The third kappa shape index (κ3) is 4.55. The van der Waals surface area contributed by atoms with Crippen molar-refractivity contribution >= 4 is 21.9 Å². The van der Waals surface area contributed by atoms with Gasteiger partial charge in [-0.15, -0.1) is 0 Å². The number of carbonyl (C=O) groups excluding carboxylic acids is 1. The lowest BCUT2D eigenvalue weighted by Gasteiger charge is -2.21. The second kappa shape index (κ2) is 7.95. The van der Waals surface area contributed by atoms with Gasteiger partial charge in [-0.3, -0.25) is 4.90 Å². The molecular formula is C17H24BrNO2. The summed E-state index contributed by atoms with van der Waals surface area (Å²) in [4.78, 5) is 14.0. The minimum absolute atomic E-state index is 0.289. The Bertz CT molecular complexity index is 490. The van der Waals surface area contributed by atoms with E-state index in [2.05, 4.69) is 27.8 Å². The van der Waals surface area contributed by atoms with E-state index in [0.29, 0.717) is 5.56 Å². The molecule has 1 unspecified atom stereocenters. The molecule has 3 nitrogen and oxygen atoms in total. The molecule has 1 fully saturated rings. The normalized spacial score (nSPS) is 20.0. The first-order valence-electron chi connectivity index (χ1n) is 7.73. The van der Waals surface area contributed by atoms with Crippen molar-refractivity contribution in [2.24, 2.45) is 5.92 Å². The Balaban J connectivity index is 2.01. The SMILES string of the molecule is CCC1CCCN(Cc2ccc(C(=O)OC)cc2Br)CC1. The van der Waals surface area contributed by atoms with Gasteiger partial charge >= 0.3 is 5.97 Å². The van der Waals surface area contributed by atoms with Crippen LogP contribution >= 0.6 is 15.9 Å². The van der Waals surface area contributed by atoms with Crippen LogP contribution < -0.4 is 0 Å². The predicted octanol–water partition coefficient (Wildman–Crippen LogP) is 4.25. The van der Waals surface area contributed by atoms with Crippen molar-refractivity contribution in [2.75, 3.05) is 20.2 Å². The van der Waals surface area contributed by atoms with Crippen molar-refractivity contribution < 1.29 is 9.53 Å². The maximum Gasteiger partial charge on any atom is 0.337 e. The molecule has 1 aromatic rings. The number of methoxy groups -OCH3 is 1. The van der Waals surface area contributed by atoms with Gasteiger partial charge in [0.15, 0.2) is 0 Å². The van der Waals surface area contributed by atoms with Gasteiger partial charge in [-0.05, 0) is 56.0 Å². The maximum atomic E-state index is 11.5. The van der Waals surface area contributed by atoms with Gasteiger partial charge in [0, 0.05) is 11.0 Å². The van der Waals surface area contributed by atoms with Crippen LogP contribution in [0.15, 0.2) is 22.7 Å². The summed E-state index contributed by atoms with van der Waals surface area (Å²) in [6.07, 6.45) is 5.24. The summed E-state index contributed by atoms with van der Waals surface area (Å²) < 4.78 is 5.74. The van der Waals surface area contributed by atoms with Crippen LogP contribution in [0.4, 0.5) is 0 Å². The number of halogens is 1. The number of esters is 1. The highest BCUT2D eigenvalue weighted by Gasteiger charge is 2.17. The van der Waals surface area contributed by atoms with E-state index in [1.807, 2.05) is 18.2 Å². The molecule has 1 aliphatic heterocycles. The smallest absolute Gasteiger partial charge is 0.337 e. The molecule has 0 bridgehead atoms. The molecule has 0 saturated carbocycles. The topological polar surface area (TPSA) is 29.5 Å². The second-order valence-corrected chi connectivity index (χ2v) is 6.63. The first-order chi connectivity index (χ1) is 10.1. The lowest BCUT2D eigenvalue weighted by molar-refractivity contribution is 0.0600. The number of rotatable bonds is 4. The van der Waals surface area contributed by atoms with Crippen molar-refractivity contribution in [3.63, 3.8) is 0 Å². The molecule has 0 spiro atoms. The average Bonchev–Trinajstić information content (AvgIpc) is 2.73. The Morgan fingerprint density at radius 3 is 2.86 bits per heavy atom. The molecule has 116 valence electrons. The third-order valence-electron chi connectivity index (χ3n) is 4.39. The number of hydrogen-bond acceptors (Lipinski definition) is 3. The lowest BCUT2D eigenvalue weighted by Crippen LogP contribution is -2.24. The fourth-order valence-electron chi connectivity index (χ4n) is 2.95. The summed E-state index contributed by atoms with van der Waals surface area (Å²) in [5.74, 6) is 0.600. The van der Waals surface area contributed by atoms with E-state index in [4.69, 9.17) is 4.74 Å². The molecule has 0 aromatic heterocycles. The van der Waals surface area contributed by atoms with Gasteiger partial charge in [0.2, 0.25) is 0 Å². The van der Waals surface area contributed by atoms with Gasteiger partial charge in [0.25, 0.3) is 0 Å². The fraction of sp³-hybridized carbons (Fsp3) is 0.588. The number of carbonyl (C=O) groups is 1. The highest BCUT2D eigenvalue weighted by atomic mass is 79.9. The summed E-state index contributed by atoms with van der Waals surface area (Å²) in [5, 5.41) is 0. The summed E-state index contributed by atoms with van der Waals surface area (Å²) >= 11 is 3.58. The van der Waals surface area contributed by atoms with E-state index in [9.17, 15) is 4.79 Å². The highest BCUT2D eigenvalue weighted by molar-refractivity contribution is 9.10. The van der Waals surface area contributed by atoms with Gasteiger partial charge in [-0.2, -0.15) is 0 Å². The molecule has 0 N–H and O–H groups in total. The van der Waals surface area contributed by atoms with Gasteiger partial charge in [0.1, 0.15) is 0 Å². The summed E-state index contributed by atoms with van der Waals surface area (Å²) in [7, 11) is 1.41. The van der Waals surface area contributed by atoms with Crippen molar-refractivity contribution in [3.05, 3.63) is 33.8 Å². The van der Waals surface area contributed by atoms with Crippen molar-refractivity contribution in [1.29, 1.82) is 0 Å². The number of ether oxygens (including phenoxy) is 1. The van der Waals surface area contributed by atoms with Gasteiger partial charge in [0.05, 0.1) is 12.7 Å². The van der Waals surface area contributed by atoms with Gasteiger partial charge in [-0.1, -0.05) is 35.3 Å². The summed E-state index contributed by atoms with van der Waals surface area (Å²) in [5.41, 5.74) is 1.83. The molecule has 1 heterocycles. The van der Waals surface area contributed by atoms with Crippen LogP contribution in [0.25, 0.3) is 0 Å². The zero-order valence-corrected chi connectivity index (χ0v) is 14.5. The lowest BCUT2D eigenvalue weighted by atomic mass is 9.98. The molecule has 1 atom stereocenters. The molecule has 1 aliphatic rings. The number of nitrogens with zero attached hydrogens (tertiary/aromatic N) is 1. The van der Waals surface area contributed by atoms with Crippen LogP contribution in [0.3, 0.4) is 0 Å². The average molecular weight is 354 g/mol. The monoisotopic (exact) mass is 353 g/mol. The zero-order valence-electron chi connectivity index (χ0n) is 12.9. The largest absolute Gasteiger partial charge is 0.465 e. The van der Waals surface area contributed by atoms with E-state index >= 15 is 0 Å². The van der Waals surface area contributed by atoms with E-state index in [1.165, 1.54) is 51.4 Å².